The van der Waals surface area contributed by atoms with Crippen molar-refractivity contribution in [3.8, 4) is 0 Å². The molecule has 2 saturated carbocycles. The molecule has 0 unspecified atom stereocenters. The van der Waals surface area contributed by atoms with E-state index in [9.17, 15) is 9.59 Å². The highest BCUT2D eigenvalue weighted by atomic mass is 16.6. The van der Waals surface area contributed by atoms with Crippen molar-refractivity contribution in [3.63, 3.8) is 0 Å². The summed E-state index contributed by atoms with van der Waals surface area (Å²) in [5, 5.41) is 0. The molecule has 0 aliphatic heterocycles. The van der Waals surface area contributed by atoms with Crippen LogP contribution < -0.4 is 0 Å². The van der Waals surface area contributed by atoms with Crippen LogP contribution in [-0.4, -0.2) is 17.4 Å². The molecule has 2 rings (SSSR count). The summed E-state index contributed by atoms with van der Waals surface area (Å²) < 4.78 is 5.44. The van der Waals surface area contributed by atoms with Crippen molar-refractivity contribution in [1.82, 2.24) is 0 Å². The Bertz CT molecular complexity index is 519. The van der Waals surface area contributed by atoms with Crippen LogP contribution in [0.3, 0.4) is 0 Å². The lowest BCUT2D eigenvalue weighted by Gasteiger charge is -2.41. The van der Waals surface area contributed by atoms with E-state index in [4.69, 9.17) is 4.74 Å². The third-order valence-corrected chi connectivity index (χ3v) is 6.78. The van der Waals surface area contributed by atoms with Gasteiger partial charge >= 0.3 is 5.97 Å². The fourth-order valence-electron chi connectivity index (χ4n) is 5.00. The van der Waals surface area contributed by atoms with Crippen molar-refractivity contribution in [2.45, 2.75) is 79.2 Å². The van der Waals surface area contributed by atoms with Crippen LogP contribution in [-0.2, 0) is 14.3 Å². The standard InChI is InChI=1S/C21H34O3/c1-14(9-10-15(2)20(4,5)24-16(3)22)17-11-12-18-19(23)8-7-13-21(17,18)6/h9-10,14-15,17-18H,7-8,11-13H2,1-6H3/t14-,15+,17-,18+,21-/m1/s1. The zero-order chi connectivity index (χ0) is 18.1. The minimum absolute atomic E-state index is 0.154. The van der Waals surface area contributed by atoms with E-state index < -0.39 is 5.60 Å². The first-order valence-electron chi connectivity index (χ1n) is 9.48. The monoisotopic (exact) mass is 334 g/mol. The largest absolute Gasteiger partial charge is 0.459 e. The number of allylic oxidation sites excluding steroid dienone is 1. The first kappa shape index (κ1) is 19.2. The number of hydrogen-bond acceptors (Lipinski definition) is 3. The van der Waals surface area contributed by atoms with Crippen LogP contribution >= 0.6 is 0 Å². The van der Waals surface area contributed by atoms with Crippen LogP contribution in [0.25, 0.3) is 0 Å². The normalized spacial score (nSPS) is 33.3. The molecule has 3 heteroatoms. The van der Waals surface area contributed by atoms with Crippen molar-refractivity contribution in [2.24, 2.45) is 29.1 Å². The Morgan fingerprint density at radius 2 is 1.96 bits per heavy atom. The van der Waals surface area contributed by atoms with Gasteiger partial charge in [-0.25, -0.2) is 0 Å². The zero-order valence-electron chi connectivity index (χ0n) is 16.2. The van der Waals surface area contributed by atoms with Gasteiger partial charge in [-0.05, 0) is 56.8 Å². The topological polar surface area (TPSA) is 43.4 Å². The lowest BCUT2D eigenvalue weighted by Crippen LogP contribution is -2.39. The fraction of sp³-hybridized carbons (Fsp3) is 0.810. The second kappa shape index (κ2) is 7.01. The van der Waals surface area contributed by atoms with Gasteiger partial charge in [0.05, 0.1) is 0 Å². The number of hydrogen-bond donors (Lipinski definition) is 0. The van der Waals surface area contributed by atoms with Gasteiger partial charge in [-0.2, -0.15) is 0 Å². The highest BCUT2D eigenvalue weighted by Crippen LogP contribution is 2.56. The lowest BCUT2D eigenvalue weighted by molar-refractivity contribution is -0.156. The molecule has 0 radical (unpaired) electrons. The summed E-state index contributed by atoms with van der Waals surface area (Å²) in [6, 6.07) is 0. The van der Waals surface area contributed by atoms with E-state index in [1.165, 1.54) is 13.3 Å². The summed E-state index contributed by atoms with van der Waals surface area (Å²) in [4.78, 5) is 23.5. The van der Waals surface area contributed by atoms with Gasteiger partial charge < -0.3 is 4.74 Å². The number of rotatable bonds is 5. The van der Waals surface area contributed by atoms with Crippen molar-refractivity contribution < 1.29 is 14.3 Å². The van der Waals surface area contributed by atoms with Gasteiger partial charge in [-0.1, -0.05) is 32.9 Å². The molecule has 0 aromatic heterocycles. The second-order valence-electron chi connectivity index (χ2n) is 8.79. The van der Waals surface area contributed by atoms with Gasteiger partial charge in [0, 0.05) is 25.2 Å². The summed E-state index contributed by atoms with van der Waals surface area (Å²) >= 11 is 0. The van der Waals surface area contributed by atoms with E-state index in [1.807, 2.05) is 13.8 Å². The molecular formula is C21H34O3. The number of carbonyl (C=O) groups excluding carboxylic acids is 2. The maximum absolute atomic E-state index is 12.3. The molecule has 136 valence electrons. The Balaban J connectivity index is 2.05. The summed E-state index contributed by atoms with van der Waals surface area (Å²) in [6.45, 7) is 12.1. The van der Waals surface area contributed by atoms with E-state index in [2.05, 4.69) is 32.9 Å². The summed E-state index contributed by atoms with van der Waals surface area (Å²) in [5.74, 6) is 1.71. The van der Waals surface area contributed by atoms with Crippen molar-refractivity contribution in [3.05, 3.63) is 12.2 Å². The maximum Gasteiger partial charge on any atom is 0.303 e. The molecule has 0 aromatic rings. The van der Waals surface area contributed by atoms with Crippen LogP contribution in [0.2, 0.25) is 0 Å². The number of ketones is 1. The van der Waals surface area contributed by atoms with E-state index in [1.54, 1.807) is 0 Å². The van der Waals surface area contributed by atoms with Crippen molar-refractivity contribution >= 4 is 11.8 Å². The minimum atomic E-state index is -0.495. The lowest BCUT2D eigenvalue weighted by atomic mass is 9.62. The molecule has 24 heavy (non-hydrogen) atoms. The van der Waals surface area contributed by atoms with Crippen LogP contribution in [0.5, 0.6) is 0 Å². The Hall–Kier alpha value is -1.12. The van der Waals surface area contributed by atoms with Crippen molar-refractivity contribution in [2.75, 3.05) is 0 Å². The predicted octanol–water partition coefficient (Wildman–Crippen LogP) is 4.94. The molecule has 0 N–H and O–H groups in total. The number of carbonyl (C=O) groups is 2. The van der Waals surface area contributed by atoms with Crippen LogP contribution in [0.1, 0.15) is 73.6 Å². The van der Waals surface area contributed by atoms with Crippen LogP contribution in [0, 0.1) is 29.1 Å². The average molecular weight is 335 g/mol. The van der Waals surface area contributed by atoms with E-state index >= 15 is 0 Å². The van der Waals surface area contributed by atoms with Gasteiger partial charge in [0.15, 0.2) is 0 Å². The molecule has 0 aromatic carbocycles. The van der Waals surface area contributed by atoms with Crippen LogP contribution in [0.4, 0.5) is 0 Å². The second-order valence-corrected chi connectivity index (χ2v) is 8.79. The maximum atomic E-state index is 12.3. The quantitative estimate of drug-likeness (QED) is 0.528. The molecule has 0 heterocycles. The first-order valence-corrected chi connectivity index (χ1v) is 9.48. The number of esters is 1. The van der Waals surface area contributed by atoms with Gasteiger partial charge in [0.1, 0.15) is 11.4 Å². The average Bonchev–Trinajstić information content (AvgIpc) is 2.81. The van der Waals surface area contributed by atoms with Crippen molar-refractivity contribution in [1.29, 1.82) is 0 Å². The van der Waals surface area contributed by atoms with E-state index in [0.717, 1.165) is 25.7 Å². The number of ether oxygens (including phenoxy) is 1. The van der Waals surface area contributed by atoms with Gasteiger partial charge in [0.2, 0.25) is 0 Å². The molecular weight excluding hydrogens is 300 g/mol. The van der Waals surface area contributed by atoms with Crippen LogP contribution in [0.15, 0.2) is 12.2 Å². The predicted molar refractivity (Wildman–Crippen MR) is 96.5 cm³/mol. The Labute approximate surface area is 147 Å². The van der Waals surface area contributed by atoms with Gasteiger partial charge in [-0.3, -0.25) is 9.59 Å². The molecule has 3 nitrogen and oxygen atoms in total. The Morgan fingerprint density at radius 3 is 2.58 bits per heavy atom. The molecule has 2 fully saturated rings. The highest BCUT2D eigenvalue weighted by Gasteiger charge is 2.51. The van der Waals surface area contributed by atoms with E-state index in [0.29, 0.717) is 17.6 Å². The highest BCUT2D eigenvalue weighted by molar-refractivity contribution is 5.83. The summed E-state index contributed by atoms with van der Waals surface area (Å²) in [5.41, 5.74) is -0.321. The molecule has 5 atom stereocenters. The Kier molecular flexibility index (Phi) is 5.61. The van der Waals surface area contributed by atoms with E-state index in [-0.39, 0.29) is 23.2 Å². The number of Topliss-reactive ketones (excluding diaryl/α,β-unsaturated/α-hetero) is 1. The SMILES string of the molecule is CC(=O)OC(C)(C)[C@@H](C)C=C[C@@H](C)[C@H]1CC[C@H]2C(=O)CCC[C@]12C. The fourth-order valence-corrected chi connectivity index (χ4v) is 5.00. The molecule has 0 saturated heterocycles. The first-order chi connectivity index (χ1) is 11.1. The molecule has 0 amide bonds. The number of fused-ring (bicyclic) bond motifs is 1. The zero-order valence-corrected chi connectivity index (χ0v) is 16.2. The third kappa shape index (κ3) is 3.75. The molecule has 0 bridgehead atoms. The third-order valence-electron chi connectivity index (χ3n) is 6.78. The van der Waals surface area contributed by atoms with Gasteiger partial charge in [0.25, 0.3) is 0 Å². The molecule has 2 aliphatic rings. The molecule has 0 spiro atoms. The Morgan fingerprint density at radius 1 is 1.29 bits per heavy atom. The minimum Gasteiger partial charge on any atom is -0.459 e. The smallest absolute Gasteiger partial charge is 0.303 e. The molecule has 2 aliphatic carbocycles. The summed E-state index contributed by atoms with van der Waals surface area (Å²) in [6.07, 6.45) is 9.70. The summed E-state index contributed by atoms with van der Waals surface area (Å²) in [7, 11) is 0. The van der Waals surface area contributed by atoms with Gasteiger partial charge in [-0.15, -0.1) is 0 Å².